The summed E-state index contributed by atoms with van der Waals surface area (Å²) in [6.45, 7) is 2.02. The van der Waals surface area contributed by atoms with E-state index >= 15 is 0 Å². The minimum Gasteiger partial charge on any atom is -0.316 e. The van der Waals surface area contributed by atoms with Gasteiger partial charge in [-0.1, -0.05) is 0 Å². The molecule has 1 aliphatic heterocycles. The molecule has 0 radical (unpaired) electrons. The smallest absolute Gasteiger partial charge is 0.123 e. The molecule has 0 spiro atoms. The van der Waals surface area contributed by atoms with Gasteiger partial charge in [0.05, 0.1) is 0 Å². The molecule has 24 heavy (non-hydrogen) atoms. The summed E-state index contributed by atoms with van der Waals surface area (Å²) < 4.78 is 13.3. The van der Waals surface area contributed by atoms with Gasteiger partial charge >= 0.3 is 0 Å². The maximum atomic E-state index is 13.3. The SMILES string of the molecule is Fc1ccc(-c2n[nH]c([C@H]3CCCNC3)c2-c2ccncc2)cc1. The van der Waals surface area contributed by atoms with Gasteiger partial charge in [0, 0.05) is 41.7 Å². The number of hydrogen-bond donors (Lipinski definition) is 2. The molecule has 4 nitrogen and oxygen atoms in total. The lowest BCUT2D eigenvalue weighted by molar-refractivity contribution is 0.455. The number of halogens is 1. The number of aromatic nitrogens is 3. The third kappa shape index (κ3) is 2.83. The molecule has 3 aromatic rings. The molecule has 1 aromatic carbocycles. The number of aromatic amines is 1. The molecule has 1 atom stereocenters. The molecule has 0 amide bonds. The van der Waals surface area contributed by atoms with Crippen molar-refractivity contribution >= 4 is 0 Å². The van der Waals surface area contributed by atoms with Crippen LogP contribution in [-0.4, -0.2) is 28.3 Å². The number of nitrogens with zero attached hydrogens (tertiary/aromatic N) is 2. The Labute approximate surface area is 140 Å². The van der Waals surface area contributed by atoms with Crippen molar-refractivity contribution in [1.29, 1.82) is 0 Å². The average molecular weight is 322 g/mol. The van der Waals surface area contributed by atoms with Crippen LogP contribution < -0.4 is 5.32 Å². The Hall–Kier alpha value is -2.53. The van der Waals surface area contributed by atoms with Gasteiger partial charge in [-0.2, -0.15) is 5.10 Å². The molecule has 0 bridgehead atoms. The Morgan fingerprint density at radius 1 is 1.00 bits per heavy atom. The number of rotatable bonds is 3. The van der Waals surface area contributed by atoms with Gasteiger partial charge in [-0.3, -0.25) is 10.1 Å². The molecule has 122 valence electrons. The van der Waals surface area contributed by atoms with Crippen LogP contribution in [0, 0.1) is 5.82 Å². The zero-order valence-corrected chi connectivity index (χ0v) is 13.3. The number of piperidine rings is 1. The lowest BCUT2D eigenvalue weighted by atomic mass is 9.89. The molecular formula is C19H19FN4. The van der Waals surface area contributed by atoms with Crippen LogP contribution >= 0.6 is 0 Å². The minimum absolute atomic E-state index is 0.239. The first-order valence-corrected chi connectivity index (χ1v) is 8.28. The van der Waals surface area contributed by atoms with Crippen molar-refractivity contribution in [3.63, 3.8) is 0 Å². The fraction of sp³-hybridized carbons (Fsp3) is 0.263. The van der Waals surface area contributed by atoms with Crippen LogP contribution in [0.25, 0.3) is 22.4 Å². The van der Waals surface area contributed by atoms with Crippen molar-refractivity contribution in [2.24, 2.45) is 0 Å². The molecule has 5 heteroatoms. The zero-order valence-electron chi connectivity index (χ0n) is 13.3. The standard InChI is InChI=1S/C19H19FN4/c20-16-5-3-14(4-6-16)18-17(13-7-10-21-11-8-13)19(24-23-18)15-2-1-9-22-12-15/h3-8,10-11,15,22H,1-2,9,12H2,(H,23,24)/t15-/m0/s1. The molecule has 2 N–H and O–H groups in total. The first-order valence-electron chi connectivity index (χ1n) is 8.28. The van der Waals surface area contributed by atoms with Crippen LogP contribution in [-0.2, 0) is 0 Å². The van der Waals surface area contributed by atoms with Gasteiger partial charge in [-0.05, 0) is 61.3 Å². The van der Waals surface area contributed by atoms with Gasteiger partial charge in [-0.15, -0.1) is 0 Å². The molecule has 4 rings (SSSR count). The fourth-order valence-corrected chi connectivity index (χ4v) is 3.38. The summed E-state index contributed by atoms with van der Waals surface area (Å²) in [5.41, 5.74) is 5.10. The van der Waals surface area contributed by atoms with Crippen molar-refractivity contribution in [2.75, 3.05) is 13.1 Å². The maximum Gasteiger partial charge on any atom is 0.123 e. The van der Waals surface area contributed by atoms with E-state index in [0.29, 0.717) is 5.92 Å². The molecule has 1 aliphatic rings. The first-order chi connectivity index (χ1) is 11.8. The molecule has 0 aliphatic carbocycles. The van der Waals surface area contributed by atoms with E-state index in [2.05, 4.69) is 20.5 Å². The van der Waals surface area contributed by atoms with E-state index in [-0.39, 0.29) is 5.82 Å². The molecule has 0 unspecified atom stereocenters. The van der Waals surface area contributed by atoms with Crippen LogP contribution in [0.3, 0.4) is 0 Å². The van der Waals surface area contributed by atoms with Crippen LogP contribution in [0.15, 0.2) is 48.8 Å². The molecule has 1 fully saturated rings. The van der Waals surface area contributed by atoms with E-state index in [1.165, 1.54) is 12.1 Å². The van der Waals surface area contributed by atoms with Crippen molar-refractivity contribution in [3.05, 3.63) is 60.3 Å². The molecular weight excluding hydrogens is 303 g/mol. The summed E-state index contributed by atoms with van der Waals surface area (Å²) in [5.74, 6) is 0.167. The Balaban J connectivity index is 1.84. The van der Waals surface area contributed by atoms with Crippen LogP contribution in [0.1, 0.15) is 24.5 Å². The topological polar surface area (TPSA) is 53.6 Å². The fourth-order valence-electron chi connectivity index (χ4n) is 3.38. The third-order valence-electron chi connectivity index (χ3n) is 4.59. The van der Waals surface area contributed by atoms with Crippen LogP contribution in [0.4, 0.5) is 4.39 Å². The number of benzene rings is 1. The maximum absolute atomic E-state index is 13.3. The van der Waals surface area contributed by atoms with E-state index in [1.54, 1.807) is 24.5 Å². The van der Waals surface area contributed by atoms with Gasteiger partial charge < -0.3 is 5.32 Å². The highest BCUT2D eigenvalue weighted by molar-refractivity contribution is 5.82. The van der Waals surface area contributed by atoms with E-state index in [0.717, 1.165) is 54.0 Å². The molecule has 1 saturated heterocycles. The lowest BCUT2D eigenvalue weighted by Crippen LogP contribution is -2.28. The van der Waals surface area contributed by atoms with E-state index in [1.807, 2.05) is 12.1 Å². The minimum atomic E-state index is -0.239. The zero-order chi connectivity index (χ0) is 16.4. The summed E-state index contributed by atoms with van der Waals surface area (Å²) in [6.07, 6.45) is 5.88. The van der Waals surface area contributed by atoms with E-state index in [9.17, 15) is 4.39 Å². The number of nitrogens with one attached hydrogen (secondary N) is 2. The van der Waals surface area contributed by atoms with Crippen LogP contribution in [0.5, 0.6) is 0 Å². The molecule has 0 saturated carbocycles. The first kappa shape index (κ1) is 15.0. The number of hydrogen-bond acceptors (Lipinski definition) is 3. The van der Waals surface area contributed by atoms with Crippen molar-refractivity contribution < 1.29 is 4.39 Å². The Morgan fingerprint density at radius 2 is 1.79 bits per heavy atom. The third-order valence-corrected chi connectivity index (χ3v) is 4.59. The largest absolute Gasteiger partial charge is 0.316 e. The van der Waals surface area contributed by atoms with Gasteiger partial charge in [0.25, 0.3) is 0 Å². The van der Waals surface area contributed by atoms with Crippen molar-refractivity contribution in [1.82, 2.24) is 20.5 Å². The normalized spacial score (nSPS) is 17.8. The predicted molar refractivity (Wildman–Crippen MR) is 92.1 cm³/mol. The van der Waals surface area contributed by atoms with Gasteiger partial charge in [0.2, 0.25) is 0 Å². The second-order valence-corrected chi connectivity index (χ2v) is 6.15. The summed E-state index contributed by atoms with van der Waals surface area (Å²) >= 11 is 0. The van der Waals surface area contributed by atoms with E-state index in [4.69, 9.17) is 0 Å². The summed E-state index contributed by atoms with van der Waals surface area (Å²) in [7, 11) is 0. The van der Waals surface area contributed by atoms with Crippen molar-refractivity contribution in [2.45, 2.75) is 18.8 Å². The monoisotopic (exact) mass is 322 g/mol. The predicted octanol–water partition coefficient (Wildman–Crippen LogP) is 3.74. The molecule has 2 aromatic heterocycles. The highest BCUT2D eigenvalue weighted by atomic mass is 19.1. The summed E-state index contributed by atoms with van der Waals surface area (Å²) in [5, 5.41) is 11.3. The molecule has 3 heterocycles. The van der Waals surface area contributed by atoms with Gasteiger partial charge in [-0.25, -0.2) is 4.39 Å². The Bertz CT molecular complexity index is 805. The second-order valence-electron chi connectivity index (χ2n) is 6.15. The van der Waals surface area contributed by atoms with Crippen molar-refractivity contribution in [3.8, 4) is 22.4 Å². The highest BCUT2D eigenvalue weighted by Crippen LogP contribution is 2.38. The lowest BCUT2D eigenvalue weighted by Gasteiger charge is -2.23. The van der Waals surface area contributed by atoms with Gasteiger partial charge in [0.1, 0.15) is 11.5 Å². The Kier molecular flexibility index (Phi) is 4.09. The van der Waals surface area contributed by atoms with E-state index < -0.39 is 0 Å². The number of H-pyrrole nitrogens is 1. The average Bonchev–Trinajstić information content (AvgIpc) is 3.09. The second kappa shape index (κ2) is 6.53. The highest BCUT2D eigenvalue weighted by Gasteiger charge is 2.24. The Morgan fingerprint density at radius 3 is 2.50 bits per heavy atom. The number of pyridine rings is 1. The van der Waals surface area contributed by atoms with Gasteiger partial charge in [0.15, 0.2) is 0 Å². The quantitative estimate of drug-likeness (QED) is 0.772. The summed E-state index contributed by atoms with van der Waals surface area (Å²) in [4.78, 5) is 4.12. The van der Waals surface area contributed by atoms with Crippen LogP contribution in [0.2, 0.25) is 0 Å². The summed E-state index contributed by atoms with van der Waals surface area (Å²) in [6, 6.07) is 10.5.